The molecule has 3 rings (SSSR count). The predicted octanol–water partition coefficient (Wildman–Crippen LogP) is 4.58. The molecule has 144 valence electrons. The topological polar surface area (TPSA) is 80.9 Å². The minimum Gasteiger partial charge on any atom is -0.369 e. The van der Waals surface area contributed by atoms with Crippen molar-refractivity contribution in [3.8, 4) is 0 Å². The molecule has 1 amide bonds. The fourth-order valence-corrected chi connectivity index (χ4v) is 4.74. The molecule has 0 atom stereocenters. The van der Waals surface area contributed by atoms with Gasteiger partial charge in [0.15, 0.2) is 5.16 Å². The van der Waals surface area contributed by atoms with Crippen molar-refractivity contribution in [1.29, 1.82) is 0 Å². The maximum atomic E-state index is 12.2. The third-order valence-corrected chi connectivity index (χ3v) is 6.38. The van der Waals surface area contributed by atoms with E-state index in [1.807, 2.05) is 24.5 Å². The number of nitrogens with two attached hydrogens (primary N) is 1. The lowest BCUT2D eigenvalue weighted by Gasteiger charge is -2.23. The van der Waals surface area contributed by atoms with Crippen LogP contribution in [0.15, 0.2) is 40.5 Å². The lowest BCUT2D eigenvalue weighted by Crippen LogP contribution is -2.22. The monoisotopic (exact) mass is 402 g/mol. The number of primary amides is 1. The molecule has 0 bridgehead atoms. The fourth-order valence-electron chi connectivity index (χ4n) is 3.32. The Morgan fingerprint density at radius 2 is 1.93 bits per heavy atom. The number of hydrogen-bond donors (Lipinski definition) is 2. The molecular formula is C20H26N4OS2. The van der Waals surface area contributed by atoms with E-state index in [-0.39, 0.29) is 0 Å². The molecule has 3 N–H and O–H groups in total. The van der Waals surface area contributed by atoms with Crippen molar-refractivity contribution in [3.63, 3.8) is 0 Å². The number of thioether (sulfide) groups is 2. The Morgan fingerprint density at radius 3 is 2.59 bits per heavy atom. The van der Waals surface area contributed by atoms with E-state index in [1.54, 1.807) is 0 Å². The summed E-state index contributed by atoms with van der Waals surface area (Å²) in [5.41, 5.74) is 7.29. The summed E-state index contributed by atoms with van der Waals surface area (Å²) >= 11 is 3.00. The fraction of sp³-hybridized carbons (Fsp3) is 0.450. The summed E-state index contributed by atoms with van der Waals surface area (Å²) in [5.74, 6) is 1.45. The lowest BCUT2D eigenvalue weighted by molar-refractivity contribution is 0.0997. The number of nitrogens with one attached hydrogen (secondary N) is 1. The minimum atomic E-state index is -0.482. The standard InChI is InChI=1S/C20H26N4OS2/c1-26-20-23-18(22-12-14-8-4-2-5-9-14)16(17(21)25)19(24-20)27-13-15-10-6-3-7-11-15/h3,6-7,10-11,14H,2,4-5,8-9,12-13H2,1H3,(H2,21,25)(H,22,23,24). The molecular weight excluding hydrogens is 376 g/mol. The van der Waals surface area contributed by atoms with Gasteiger partial charge in [-0.1, -0.05) is 61.4 Å². The molecule has 0 spiro atoms. The second-order valence-corrected chi connectivity index (χ2v) is 8.50. The highest BCUT2D eigenvalue weighted by Gasteiger charge is 2.21. The molecule has 5 nitrogen and oxygen atoms in total. The van der Waals surface area contributed by atoms with Gasteiger partial charge in [-0.3, -0.25) is 4.79 Å². The second-order valence-electron chi connectivity index (χ2n) is 6.76. The predicted molar refractivity (Wildman–Crippen MR) is 113 cm³/mol. The van der Waals surface area contributed by atoms with Crippen molar-refractivity contribution in [3.05, 3.63) is 41.5 Å². The van der Waals surface area contributed by atoms with Crippen LogP contribution in [0.4, 0.5) is 5.82 Å². The maximum Gasteiger partial charge on any atom is 0.255 e. The summed E-state index contributed by atoms with van der Waals surface area (Å²) in [6.07, 6.45) is 8.30. The van der Waals surface area contributed by atoms with E-state index in [1.165, 1.54) is 61.2 Å². The number of hydrogen-bond acceptors (Lipinski definition) is 6. The zero-order chi connectivity index (χ0) is 19.1. The first kappa shape index (κ1) is 20.0. The molecule has 0 saturated heterocycles. The van der Waals surface area contributed by atoms with Crippen LogP contribution < -0.4 is 11.1 Å². The van der Waals surface area contributed by atoms with Crippen molar-refractivity contribution < 1.29 is 4.79 Å². The average molecular weight is 403 g/mol. The van der Waals surface area contributed by atoms with Gasteiger partial charge in [0.25, 0.3) is 5.91 Å². The molecule has 1 aliphatic rings. The van der Waals surface area contributed by atoms with Gasteiger partial charge in [-0.05, 0) is 30.6 Å². The van der Waals surface area contributed by atoms with Gasteiger partial charge in [-0.25, -0.2) is 9.97 Å². The van der Waals surface area contributed by atoms with Crippen LogP contribution in [-0.4, -0.2) is 28.7 Å². The van der Waals surface area contributed by atoms with Crippen LogP contribution in [0.25, 0.3) is 0 Å². The normalized spacial score (nSPS) is 14.9. The number of carbonyl (C=O) groups is 1. The van der Waals surface area contributed by atoms with Crippen molar-refractivity contribution >= 4 is 35.2 Å². The summed E-state index contributed by atoms with van der Waals surface area (Å²) < 4.78 is 0. The average Bonchev–Trinajstić information content (AvgIpc) is 2.71. The quantitative estimate of drug-likeness (QED) is 0.382. The Balaban J connectivity index is 1.81. The van der Waals surface area contributed by atoms with E-state index in [0.717, 1.165) is 12.3 Å². The maximum absolute atomic E-state index is 12.2. The molecule has 27 heavy (non-hydrogen) atoms. The first-order valence-corrected chi connectivity index (χ1v) is 11.5. The Kier molecular flexibility index (Phi) is 7.41. The van der Waals surface area contributed by atoms with Crippen LogP contribution >= 0.6 is 23.5 Å². The highest BCUT2D eigenvalue weighted by Crippen LogP contribution is 2.31. The minimum absolute atomic E-state index is 0.407. The molecule has 1 heterocycles. The number of rotatable bonds is 8. The molecule has 0 aliphatic heterocycles. The van der Waals surface area contributed by atoms with Crippen LogP contribution in [0.5, 0.6) is 0 Å². The van der Waals surface area contributed by atoms with E-state index < -0.39 is 5.91 Å². The Morgan fingerprint density at radius 1 is 1.19 bits per heavy atom. The highest BCUT2D eigenvalue weighted by atomic mass is 32.2. The number of nitrogens with zero attached hydrogens (tertiary/aromatic N) is 2. The third kappa shape index (κ3) is 5.62. The molecule has 2 aromatic rings. The van der Waals surface area contributed by atoms with E-state index in [9.17, 15) is 4.79 Å². The van der Waals surface area contributed by atoms with Gasteiger partial charge in [-0.2, -0.15) is 0 Å². The van der Waals surface area contributed by atoms with E-state index >= 15 is 0 Å². The summed E-state index contributed by atoms with van der Waals surface area (Å²) in [6.45, 7) is 0.827. The van der Waals surface area contributed by atoms with Crippen LogP contribution in [0.3, 0.4) is 0 Å². The van der Waals surface area contributed by atoms with Gasteiger partial charge in [0.2, 0.25) is 0 Å². The molecule has 1 aliphatic carbocycles. The van der Waals surface area contributed by atoms with Crippen LogP contribution in [0.2, 0.25) is 0 Å². The second kappa shape index (κ2) is 9.99. The molecule has 7 heteroatoms. The van der Waals surface area contributed by atoms with E-state index in [4.69, 9.17) is 5.73 Å². The van der Waals surface area contributed by atoms with E-state index in [0.29, 0.717) is 27.5 Å². The number of aromatic nitrogens is 2. The van der Waals surface area contributed by atoms with Crippen molar-refractivity contribution in [2.24, 2.45) is 11.7 Å². The van der Waals surface area contributed by atoms with Crippen molar-refractivity contribution in [1.82, 2.24) is 9.97 Å². The SMILES string of the molecule is CSc1nc(NCC2CCCCC2)c(C(N)=O)c(SCc2ccccc2)n1. The van der Waals surface area contributed by atoms with Gasteiger partial charge < -0.3 is 11.1 Å². The number of carbonyl (C=O) groups excluding carboxylic acids is 1. The summed E-state index contributed by atoms with van der Waals surface area (Å²) in [7, 11) is 0. The summed E-state index contributed by atoms with van der Waals surface area (Å²) in [6, 6.07) is 10.1. The lowest BCUT2D eigenvalue weighted by atomic mass is 9.89. The van der Waals surface area contributed by atoms with Gasteiger partial charge in [0.1, 0.15) is 16.4 Å². The summed E-state index contributed by atoms with van der Waals surface area (Å²) in [4.78, 5) is 21.3. The number of anilines is 1. The largest absolute Gasteiger partial charge is 0.369 e. The number of amides is 1. The van der Waals surface area contributed by atoms with Crippen molar-refractivity contribution in [2.75, 3.05) is 18.1 Å². The Hall–Kier alpha value is -1.73. The zero-order valence-corrected chi connectivity index (χ0v) is 17.2. The van der Waals surface area contributed by atoms with E-state index in [2.05, 4.69) is 27.4 Å². The van der Waals surface area contributed by atoms with Gasteiger partial charge >= 0.3 is 0 Å². The smallest absolute Gasteiger partial charge is 0.255 e. The Labute approximate surface area is 169 Å². The summed E-state index contributed by atoms with van der Waals surface area (Å²) in [5, 5.41) is 4.70. The Bertz CT molecular complexity index is 764. The van der Waals surface area contributed by atoms with Crippen molar-refractivity contribution in [2.45, 2.75) is 48.0 Å². The molecule has 1 saturated carbocycles. The molecule has 0 unspecified atom stereocenters. The molecule has 1 aromatic heterocycles. The first-order valence-electron chi connectivity index (χ1n) is 9.33. The van der Waals surface area contributed by atoms with Crippen LogP contribution in [-0.2, 0) is 5.75 Å². The van der Waals surface area contributed by atoms with Crippen LogP contribution in [0, 0.1) is 5.92 Å². The molecule has 0 radical (unpaired) electrons. The molecule has 1 aromatic carbocycles. The van der Waals surface area contributed by atoms with Crippen LogP contribution in [0.1, 0.15) is 48.0 Å². The number of benzene rings is 1. The zero-order valence-electron chi connectivity index (χ0n) is 15.6. The van der Waals surface area contributed by atoms with Gasteiger partial charge in [0.05, 0.1) is 0 Å². The molecule has 1 fully saturated rings. The first-order chi connectivity index (χ1) is 13.2. The third-order valence-electron chi connectivity index (χ3n) is 4.79. The van der Waals surface area contributed by atoms with Gasteiger partial charge in [0, 0.05) is 12.3 Å². The van der Waals surface area contributed by atoms with Gasteiger partial charge in [-0.15, -0.1) is 11.8 Å². The highest BCUT2D eigenvalue weighted by molar-refractivity contribution is 7.99.